The monoisotopic (exact) mass is 318 g/mol. The molecule has 4 heterocycles. The van der Waals surface area contributed by atoms with Gasteiger partial charge in [-0.3, -0.25) is 14.4 Å². The van der Waals surface area contributed by atoms with E-state index in [0.717, 1.165) is 57.6 Å². The quantitative estimate of drug-likeness (QED) is 0.771. The molecule has 4 atom stereocenters. The van der Waals surface area contributed by atoms with Crippen molar-refractivity contribution in [2.45, 2.75) is 50.9 Å². The van der Waals surface area contributed by atoms with Crippen LogP contribution in [-0.2, 0) is 17.9 Å². The molecule has 1 aromatic heterocycles. The van der Waals surface area contributed by atoms with Crippen LogP contribution in [0.4, 0.5) is 0 Å². The van der Waals surface area contributed by atoms with Gasteiger partial charge in [-0.25, -0.2) is 0 Å². The van der Waals surface area contributed by atoms with Crippen LogP contribution in [0, 0.1) is 11.8 Å². The number of nitrogens with zero attached hydrogens (tertiary/aromatic N) is 4. The van der Waals surface area contributed by atoms with Gasteiger partial charge in [0.25, 0.3) is 0 Å². The SMILES string of the molecule is CNCc1cn(C[C@H]2C[C@@H]3CCN2C[C@@H]3C(=O)NC2CC2)nn1. The zero-order valence-electron chi connectivity index (χ0n) is 13.7. The van der Waals surface area contributed by atoms with Gasteiger partial charge in [0.15, 0.2) is 0 Å². The highest BCUT2D eigenvalue weighted by molar-refractivity contribution is 5.80. The van der Waals surface area contributed by atoms with Crippen molar-refractivity contribution in [2.75, 3.05) is 20.1 Å². The van der Waals surface area contributed by atoms with Gasteiger partial charge in [-0.2, -0.15) is 0 Å². The standard InChI is InChI=1S/C16H26N6O/c1-17-7-13-8-22(20-19-13)9-14-6-11-4-5-21(14)10-15(11)16(23)18-12-2-3-12/h8,11-12,14-15,17H,2-7,9-10H2,1H3,(H,18,23)/t11-,14+,15-/m0/s1. The molecule has 126 valence electrons. The average Bonchev–Trinajstić information content (AvgIpc) is 3.27. The topological polar surface area (TPSA) is 75.1 Å². The van der Waals surface area contributed by atoms with E-state index in [4.69, 9.17) is 0 Å². The number of amides is 1. The van der Waals surface area contributed by atoms with Gasteiger partial charge >= 0.3 is 0 Å². The second-order valence-electron chi connectivity index (χ2n) is 7.28. The van der Waals surface area contributed by atoms with E-state index in [0.29, 0.717) is 18.0 Å². The molecule has 7 heteroatoms. The van der Waals surface area contributed by atoms with Gasteiger partial charge in [0.05, 0.1) is 18.2 Å². The summed E-state index contributed by atoms with van der Waals surface area (Å²) in [6, 6.07) is 0.956. The maximum Gasteiger partial charge on any atom is 0.224 e. The van der Waals surface area contributed by atoms with Crippen LogP contribution >= 0.6 is 0 Å². The second-order valence-corrected chi connectivity index (χ2v) is 7.28. The molecule has 2 N–H and O–H groups in total. The number of hydrogen-bond acceptors (Lipinski definition) is 5. The van der Waals surface area contributed by atoms with E-state index in [1.165, 1.54) is 0 Å². The fraction of sp³-hybridized carbons (Fsp3) is 0.812. The largest absolute Gasteiger partial charge is 0.353 e. The Morgan fingerprint density at radius 1 is 1.39 bits per heavy atom. The number of aromatic nitrogens is 3. The van der Waals surface area contributed by atoms with Gasteiger partial charge in [0.2, 0.25) is 5.91 Å². The van der Waals surface area contributed by atoms with Gasteiger partial charge in [0, 0.05) is 31.4 Å². The van der Waals surface area contributed by atoms with E-state index < -0.39 is 0 Å². The van der Waals surface area contributed by atoms with Crippen LogP contribution < -0.4 is 10.6 Å². The molecule has 5 rings (SSSR count). The number of hydrogen-bond donors (Lipinski definition) is 2. The van der Waals surface area contributed by atoms with Crippen LogP contribution in [0.15, 0.2) is 6.20 Å². The Morgan fingerprint density at radius 3 is 2.96 bits per heavy atom. The molecule has 3 aliphatic heterocycles. The Kier molecular flexibility index (Phi) is 4.07. The van der Waals surface area contributed by atoms with Gasteiger partial charge < -0.3 is 10.6 Å². The molecule has 4 aliphatic rings. The summed E-state index contributed by atoms with van der Waals surface area (Å²) < 4.78 is 1.96. The number of carbonyl (C=O) groups excluding carboxylic acids is 1. The summed E-state index contributed by atoms with van der Waals surface area (Å²) in [5.74, 6) is 1.01. The molecule has 1 unspecified atom stereocenters. The smallest absolute Gasteiger partial charge is 0.224 e. The minimum Gasteiger partial charge on any atom is -0.353 e. The predicted molar refractivity (Wildman–Crippen MR) is 85.5 cm³/mol. The molecule has 2 bridgehead atoms. The highest BCUT2D eigenvalue weighted by Gasteiger charge is 2.44. The van der Waals surface area contributed by atoms with Crippen molar-refractivity contribution in [1.82, 2.24) is 30.5 Å². The lowest BCUT2D eigenvalue weighted by molar-refractivity contribution is -0.133. The first-order valence-corrected chi connectivity index (χ1v) is 8.81. The van der Waals surface area contributed by atoms with E-state index in [2.05, 4.69) is 25.8 Å². The number of piperidine rings is 3. The van der Waals surface area contributed by atoms with Crippen molar-refractivity contribution in [3.8, 4) is 0 Å². The third-order valence-electron chi connectivity index (χ3n) is 5.48. The number of rotatable bonds is 6. The van der Waals surface area contributed by atoms with E-state index in [-0.39, 0.29) is 11.8 Å². The summed E-state index contributed by atoms with van der Waals surface area (Å²) in [4.78, 5) is 14.9. The highest BCUT2D eigenvalue weighted by Crippen LogP contribution is 2.37. The Labute approximate surface area is 136 Å². The maximum atomic E-state index is 12.4. The minimum absolute atomic E-state index is 0.191. The second kappa shape index (κ2) is 6.20. The first-order chi connectivity index (χ1) is 11.2. The Morgan fingerprint density at radius 2 is 2.26 bits per heavy atom. The van der Waals surface area contributed by atoms with Crippen molar-refractivity contribution in [2.24, 2.45) is 11.8 Å². The van der Waals surface area contributed by atoms with Crippen molar-refractivity contribution < 1.29 is 4.79 Å². The van der Waals surface area contributed by atoms with Gasteiger partial charge in [-0.15, -0.1) is 5.10 Å². The Bertz CT molecular complexity index is 569. The number of fused-ring (bicyclic) bond motifs is 3. The molecule has 7 nitrogen and oxygen atoms in total. The summed E-state index contributed by atoms with van der Waals surface area (Å²) in [5, 5.41) is 14.7. The first kappa shape index (κ1) is 15.1. The molecule has 0 radical (unpaired) electrons. The van der Waals surface area contributed by atoms with Crippen LogP contribution in [0.1, 0.15) is 31.4 Å². The molecule has 4 fully saturated rings. The van der Waals surface area contributed by atoms with Crippen LogP contribution in [0.2, 0.25) is 0 Å². The highest BCUT2D eigenvalue weighted by atomic mass is 16.2. The Balaban J connectivity index is 1.36. The maximum absolute atomic E-state index is 12.4. The van der Waals surface area contributed by atoms with E-state index in [1.54, 1.807) is 0 Å². The zero-order valence-corrected chi connectivity index (χ0v) is 13.7. The third-order valence-corrected chi connectivity index (χ3v) is 5.48. The van der Waals surface area contributed by atoms with Gasteiger partial charge in [0.1, 0.15) is 0 Å². The lowest BCUT2D eigenvalue weighted by Crippen LogP contribution is -2.58. The molecule has 3 saturated heterocycles. The van der Waals surface area contributed by atoms with Crippen molar-refractivity contribution in [3.63, 3.8) is 0 Å². The molecule has 1 saturated carbocycles. The fourth-order valence-electron chi connectivity index (χ4n) is 4.07. The molecule has 1 aliphatic carbocycles. The molecule has 1 amide bonds. The third kappa shape index (κ3) is 3.26. The van der Waals surface area contributed by atoms with Crippen molar-refractivity contribution in [1.29, 1.82) is 0 Å². The van der Waals surface area contributed by atoms with Gasteiger partial charge in [-0.1, -0.05) is 5.21 Å². The summed E-state index contributed by atoms with van der Waals surface area (Å²) in [5.41, 5.74) is 0.977. The molecule has 0 spiro atoms. The minimum atomic E-state index is 0.191. The summed E-state index contributed by atoms with van der Waals surface area (Å²) >= 11 is 0. The Hall–Kier alpha value is -1.47. The average molecular weight is 318 g/mol. The first-order valence-electron chi connectivity index (χ1n) is 8.81. The van der Waals surface area contributed by atoms with Crippen LogP contribution in [0.3, 0.4) is 0 Å². The molecular weight excluding hydrogens is 292 g/mol. The predicted octanol–water partition coefficient (Wildman–Crippen LogP) is -0.0135. The van der Waals surface area contributed by atoms with Crippen LogP contribution in [0.25, 0.3) is 0 Å². The molecule has 0 aromatic carbocycles. The van der Waals surface area contributed by atoms with Crippen molar-refractivity contribution >= 4 is 5.91 Å². The fourth-order valence-corrected chi connectivity index (χ4v) is 4.07. The van der Waals surface area contributed by atoms with Crippen LogP contribution in [0.5, 0.6) is 0 Å². The van der Waals surface area contributed by atoms with E-state index in [9.17, 15) is 4.79 Å². The molecular formula is C16H26N6O. The van der Waals surface area contributed by atoms with Crippen molar-refractivity contribution in [3.05, 3.63) is 11.9 Å². The normalized spacial score (nSPS) is 32.9. The summed E-state index contributed by atoms with van der Waals surface area (Å²) in [6.45, 7) is 3.65. The summed E-state index contributed by atoms with van der Waals surface area (Å²) in [6.07, 6.45) is 6.61. The summed E-state index contributed by atoms with van der Waals surface area (Å²) in [7, 11) is 1.91. The lowest BCUT2D eigenvalue weighted by Gasteiger charge is -2.49. The lowest BCUT2D eigenvalue weighted by atomic mass is 9.75. The molecule has 23 heavy (non-hydrogen) atoms. The number of carbonyl (C=O) groups is 1. The van der Waals surface area contributed by atoms with Crippen LogP contribution in [-0.4, -0.2) is 58.0 Å². The molecule has 1 aromatic rings. The van der Waals surface area contributed by atoms with Gasteiger partial charge in [-0.05, 0) is 45.2 Å². The number of nitrogens with one attached hydrogen (secondary N) is 2. The van der Waals surface area contributed by atoms with E-state index >= 15 is 0 Å². The zero-order chi connectivity index (χ0) is 15.8. The van der Waals surface area contributed by atoms with E-state index in [1.807, 2.05) is 17.9 Å².